The number of ether oxygens (including phenoxy) is 3. The number of aromatic carboxylic acids is 1. The highest BCUT2D eigenvalue weighted by Crippen LogP contribution is 2.47. The van der Waals surface area contributed by atoms with E-state index in [1.807, 2.05) is 12.1 Å². The number of piperidine rings is 1. The fraction of sp³-hybridized carbons (Fsp3) is 0.355. The lowest BCUT2D eigenvalue weighted by atomic mass is 9.88. The summed E-state index contributed by atoms with van der Waals surface area (Å²) in [4.78, 5) is 18.9. The fourth-order valence-electron chi connectivity index (χ4n) is 6.00. The second-order valence-corrected chi connectivity index (χ2v) is 11.3. The Morgan fingerprint density at radius 2 is 1.86 bits per heavy atom. The molecular weight excluding hydrogens is 563 g/mol. The number of rotatable bonds is 7. The number of imidazole rings is 1. The summed E-state index contributed by atoms with van der Waals surface area (Å²) in [5, 5.41) is 9.84. The average Bonchev–Trinajstić information content (AvgIpc) is 3.51. The number of aromatic nitrogens is 2. The summed E-state index contributed by atoms with van der Waals surface area (Å²) in [7, 11) is 0. The summed E-state index contributed by atoms with van der Waals surface area (Å²) in [5.41, 5.74) is 3.27. The average molecular weight is 595 g/mol. The lowest BCUT2D eigenvalue weighted by Crippen LogP contribution is -2.35. The minimum Gasteiger partial charge on any atom is -0.478 e. The van der Waals surface area contributed by atoms with E-state index in [-0.39, 0.29) is 23.7 Å². The van der Waals surface area contributed by atoms with Crippen LogP contribution < -0.4 is 15.6 Å². The normalized spacial score (nSPS) is 20.3. The van der Waals surface area contributed by atoms with Crippen molar-refractivity contribution < 1.29 is 28.5 Å². The number of carboxylic acid groups (broad SMARTS) is 1. The van der Waals surface area contributed by atoms with E-state index in [1.165, 1.54) is 6.07 Å². The van der Waals surface area contributed by atoms with E-state index in [0.29, 0.717) is 35.2 Å². The molecule has 0 radical (unpaired) electrons. The predicted molar refractivity (Wildman–Crippen MR) is 155 cm³/mol. The molecule has 3 aromatic carbocycles. The van der Waals surface area contributed by atoms with Crippen LogP contribution in [0.5, 0.6) is 11.5 Å². The van der Waals surface area contributed by atoms with Gasteiger partial charge in [-0.05, 0) is 80.7 Å². The molecule has 7 rings (SSSR count). The van der Waals surface area contributed by atoms with Gasteiger partial charge in [0, 0.05) is 17.2 Å². The van der Waals surface area contributed by atoms with E-state index >= 15 is 0 Å². The monoisotopic (exact) mass is 594 g/mol. The molecule has 0 amide bonds. The summed E-state index contributed by atoms with van der Waals surface area (Å²) in [6, 6.07) is 15.5. The third-order valence-electron chi connectivity index (χ3n) is 8.33. The maximum atomic E-state index is 14.6. The molecule has 2 atom stereocenters. The van der Waals surface area contributed by atoms with Crippen molar-refractivity contribution in [1.29, 1.82) is 0 Å². The standard InChI is InChI=1S/C31H29ClFN3O5.H3N/c32-20-5-6-23(24(33)15-20)31-40-27-3-1-2-22(29(27)41-31)18-8-11-35(12-9-18)17-28-34-25-7-4-19(30(37)38)14-26(25)36(28)16-21-10-13-39-21;/h1-7,14-15,18,21,31H,8-13,16-17H2,(H,37,38);1H3/t21-,31+;/m0./s1. The molecule has 42 heavy (non-hydrogen) atoms. The number of carbonyl (C=O) groups is 1. The van der Waals surface area contributed by atoms with E-state index in [1.54, 1.807) is 30.3 Å². The van der Waals surface area contributed by atoms with E-state index in [4.69, 9.17) is 30.8 Å². The molecule has 4 heterocycles. The van der Waals surface area contributed by atoms with Crippen LogP contribution in [-0.2, 0) is 17.8 Å². The molecule has 0 spiro atoms. The molecular formula is C31H32ClFN4O5. The molecule has 3 aliphatic rings. The second kappa shape index (κ2) is 11.5. The Hall–Kier alpha value is -3.70. The van der Waals surface area contributed by atoms with Crippen LogP contribution in [-0.4, -0.2) is 51.3 Å². The van der Waals surface area contributed by atoms with E-state index in [9.17, 15) is 14.3 Å². The summed E-state index contributed by atoms with van der Waals surface area (Å²) in [5.74, 6) is 1.09. The first kappa shape index (κ1) is 28.4. The van der Waals surface area contributed by atoms with Crippen molar-refractivity contribution in [3.8, 4) is 11.5 Å². The van der Waals surface area contributed by atoms with Crippen molar-refractivity contribution in [2.75, 3.05) is 19.7 Å². The van der Waals surface area contributed by atoms with Crippen molar-refractivity contribution in [1.82, 2.24) is 20.6 Å². The molecule has 0 unspecified atom stereocenters. The third kappa shape index (κ3) is 5.31. The van der Waals surface area contributed by atoms with Gasteiger partial charge in [-0.2, -0.15) is 0 Å². The number of fused-ring (bicyclic) bond motifs is 2. The van der Waals surface area contributed by atoms with Gasteiger partial charge in [-0.3, -0.25) is 4.90 Å². The molecule has 3 aliphatic heterocycles. The number of hydrogen-bond acceptors (Lipinski definition) is 7. The third-order valence-corrected chi connectivity index (χ3v) is 8.57. The summed E-state index contributed by atoms with van der Waals surface area (Å²) < 4.78 is 34.5. The topological polar surface area (TPSA) is 121 Å². The summed E-state index contributed by atoms with van der Waals surface area (Å²) in [6.07, 6.45) is 2.11. The van der Waals surface area contributed by atoms with E-state index in [0.717, 1.165) is 61.4 Å². The van der Waals surface area contributed by atoms with Crippen LogP contribution in [0, 0.1) is 5.82 Å². The van der Waals surface area contributed by atoms with E-state index < -0.39 is 18.1 Å². The Morgan fingerprint density at radius 3 is 2.57 bits per heavy atom. The van der Waals surface area contributed by atoms with Crippen LogP contribution in [0.25, 0.3) is 11.0 Å². The van der Waals surface area contributed by atoms with Gasteiger partial charge in [0.15, 0.2) is 11.5 Å². The van der Waals surface area contributed by atoms with Crippen LogP contribution in [0.1, 0.15) is 58.8 Å². The number of nitrogens with zero attached hydrogens (tertiary/aromatic N) is 3. The first-order chi connectivity index (χ1) is 19.9. The summed E-state index contributed by atoms with van der Waals surface area (Å²) in [6.45, 7) is 3.82. The van der Waals surface area contributed by atoms with Crippen molar-refractivity contribution in [3.05, 3.63) is 88.0 Å². The van der Waals surface area contributed by atoms with Gasteiger partial charge < -0.3 is 30.0 Å². The van der Waals surface area contributed by atoms with Crippen LogP contribution >= 0.6 is 11.6 Å². The van der Waals surface area contributed by atoms with Gasteiger partial charge in [0.1, 0.15) is 11.6 Å². The SMILES string of the molecule is N.O=C(O)c1ccc2nc(CN3CCC(c4cccc5c4O[C@H](c4ccc(Cl)cc4F)O5)CC3)n(C[C@@H]3CCO3)c2c1. The number of halogens is 2. The molecule has 1 aromatic heterocycles. The molecule has 4 N–H and O–H groups in total. The Balaban J connectivity index is 0.00000316. The quantitative estimate of drug-likeness (QED) is 0.255. The first-order valence-corrected chi connectivity index (χ1v) is 14.3. The molecule has 4 aromatic rings. The number of carboxylic acids is 1. The number of likely N-dealkylation sites (tertiary alicyclic amines) is 1. The molecule has 2 saturated heterocycles. The zero-order valence-electron chi connectivity index (χ0n) is 23.0. The van der Waals surface area contributed by atoms with Crippen LogP contribution in [0.3, 0.4) is 0 Å². The van der Waals surface area contributed by atoms with Crippen molar-refractivity contribution >= 4 is 28.6 Å². The van der Waals surface area contributed by atoms with Crippen molar-refractivity contribution in [2.45, 2.75) is 50.7 Å². The molecule has 2 fully saturated rings. The number of para-hydroxylation sites is 1. The second-order valence-electron chi connectivity index (χ2n) is 10.9. The maximum absolute atomic E-state index is 14.6. The van der Waals surface area contributed by atoms with Crippen molar-refractivity contribution in [2.24, 2.45) is 0 Å². The largest absolute Gasteiger partial charge is 0.478 e. The molecule has 0 aliphatic carbocycles. The molecule has 11 heteroatoms. The number of hydrogen-bond donors (Lipinski definition) is 2. The molecule has 9 nitrogen and oxygen atoms in total. The van der Waals surface area contributed by atoms with Gasteiger partial charge >= 0.3 is 5.97 Å². The highest BCUT2D eigenvalue weighted by Gasteiger charge is 2.33. The van der Waals surface area contributed by atoms with Gasteiger partial charge in [0.05, 0.1) is 41.4 Å². The van der Waals surface area contributed by atoms with Gasteiger partial charge in [0.2, 0.25) is 0 Å². The van der Waals surface area contributed by atoms with Gasteiger partial charge in [-0.1, -0.05) is 23.7 Å². The maximum Gasteiger partial charge on any atom is 0.335 e. The lowest BCUT2D eigenvalue weighted by Gasteiger charge is -2.33. The Labute approximate surface area is 247 Å². The van der Waals surface area contributed by atoms with Gasteiger partial charge in [-0.15, -0.1) is 0 Å². The minimum absolute atomic E-state index is 0. The first-order valence-electron chi connectivity index (χ1n) is 13.9. The molecule has 220 valence electrons. The minimum atomic E-state index is -0.949. The number of benzene rings is 3. The molecule has 0 bridgehead atoms. The smallest absolute Gasteiger partial charge is 0.335 e. The predicted octanol–water partition coefficient (Wildman–Crippen LogP) is 6.33. The van der Waals surface area contributed by atoms with Crippen LogP contribution in [0.2, 0.25) is 5.02 Å². The zero-order chi connectivity index (χ0) is 28.1. The van der Waals surface area contributed by atoms with E-state index in [2.05, 4.69) is 15.5 Å². The highest BCUT2D eigenvalue weighted by atomic mass is 35.5. The van der Waals surface area contributed by atoms with Gasteiger partial charge in [-0.25, -0.2) is 14.2 Å². The highest BCUT2D eigenvalue weighted by molar-refractivity contribution is 6.30. The van der Waals surface area contributed by atoms with Crippen LogP contribution in [0.15, 0.2) is 54.6 Å². The van der Waals surface area contributed by atoms with Crippen molar-refractivity contribution in [3.63, 3.8) is 0 Å². The lowest BCUT2D eigenvalue weighted by molar-refractivity contribution is -0.0592. The Morgan fingerprint density at radius 1 is 1.05 bits per heavy atom. The van der Waals surface area contributed by atoms with Gasteiger partial charge in [0.25, 0.3) is 6.29 Å². The Kier molecular flexibility index (Phi) is 7.80. The summed E-state index contributed by atoms with van der Waals surface area (Å²) >= 11 is 5.92. The molecule has 0 saturated carbocycles. The zero-order valence-corrected chi connectivity index (χ0v) is 23.7. The fourth-order valence-corrected chi connectivity index (χ4v) is 6.16. The van der Waals surface area contributed by atoms with Crippen LogP contribution in [0.4, 0.5) is 4.39 Å². The Bertz CT molecular complexity index is 1630.